The molecule has 0 atom stereocenters. The maximum Gasteiger partial charge on any atom is -0.00199 e. The summed E-state index contributed by atoms with van der Waals surface area (Å²) in [4.78, 5) is 0. The largest absolute Gasteiger partial charge is 0.0620 e. The predicted octanol–water partition coefficient (Wildman–Crippen LogP) is 4.99. The quantitative estimate of drug-likeness (QED) is 0.378. The first-order valence-corrected chi connectivity index (χ1v) is 8.55. The van der Waals surface area contributed by atoms with Gasteiger partial charge in [-0.25, -0.2) is 0 Å². The predicted molar refractivity (Wildman–Crippen MR) is 95.3 cm³/mol. The smallest absolute Gasteiger partial charge is 0.00199 e. The van der Waals surface area contributed by atoms with Gasteiger partial charge in [0.15, 0.2) is 0 Å². The van der Waals surface area contributed by atoms with Gasteiger partial charge in [-0.1, -0.05) is 60.2 Å². The Kier molecular flexibility index (Phi) is 2.76. The summed E-state index contributed by atoms with van der Waals surface area (Å²) in [6, 6.07) is 20.8. The average Bonchev–Trinajstić information content (AvgIpc) is 2.56. The van der Waals surface area contributed by atoms with Gasteiger partial charge in [0, 0.05) is 0 Å². The highest BCUT2D eigenvalue weighted by molar-refractivity contribution is 5.53. The van der Waals surface area contributed by atoms with Crippen molar-refractivity contribution in [3.8, 4) is 0 Å². The summed E-state index contributed by atoms with van der Waals surface area (Å²) in [5.74, 6) is 0. The van der Waals surface area contributed by atoms with E-state index in [4.69, 9.17) is 0 Å². The standard InChI is InChI=1S/C23H20/c1-15-6-7-18-11-22-13-20-9-16-4-2-3-5-17(16)10-21(20)14-23(22)12-19(18)8-15/h2-8,13-14H,9-12H2,1H3. The summed E-state index contributed by atoms with van der Waals surface area (Å²) in [5.41, 5.74) is 13.6. The van der Waals surface area contributed by atoms with E-state index in [0.717, 1.165) is 25.7 Å². The molecule has 0 aliphatic heterocycles. The highest BCUT2D eigenvalue weighted by Gasteiger charge is 2.21. The maximum atomic E-state index is 2.49. The Morgan fingerprint density at radius 1 is 0.478 bits per heavy atom. The normalized spacial score (nSPS) is 14.5. The number of aryl methyl sites for hydroxylation is 1. The van der Waals surface area contributed by atoms with Crippen molar-refractivity contribution in [1.29, 1.82) is 0 Å². The van der Waals surface area contributed by atoms with Crippen LogP contribution in [0.5, 0.6) is 0 Å². The number of benzene rings is 3. The Morgan fingerprint density at radius 2 is 0.913 bits per heavy atom. The van der Waals surface area contributed by atoms with Crippen LogP contribution in [0.1, 0.15) is 50.1 Å². The van der Waals surface area contributed by atoms with E-state index in [1.165, 1.54) is 33.4 Å². The van der Waals surface area contributed by atoms with Crippen LogP contribution in [0.25, 0.3) is 0 Å². The molecule has 112 valence electrons. The van der Waals surface area contributed by atoms with Crippen molar-refractivity contribution < 1.29 is 0 Å². The molecule has 0 heterocycles. The third-order valence-electron chi connectivity index (χ3n) is 5.53. The Labute approximate surface area is 137 Å². The van der Waals surface area contributed by atoms with Gasteiger partial charge >= 0.3 is 0 Å². The summed E-state index contributed by atoms with van der Waals surface area (Å²) < 4.78 is 0. The molecule has 2 aliphatic carbocycles. The van der Waals surface area contributed by atoms with E-state index >= 15 is 0 Å². The van der Waals surface area contributed by atoms with Crippen molar-refractivity contribution in [3.05, 3.63) is 105 Å². The first-order chi connectivity index (χ1) is 11.3. The van der Waals surface area contributed by atoms with E-state index in [0.29, 0.717) is 0 Å². The molecule has 0 saturated heterocycles. The second-order valence-corrected chi connectivity index (χ2v) is 7.14. The molecule has 0 fully saturated rings. The van der Waals surface area contributed by atoms with Crippen molar-refractivity contribution >= 4 is 0 Å². The van der Waals surface area contributed by atoms with Crippen LogP contribution in [-0.4, -0.2) is 0 Å². The van der Waals surface area contributed by atoms with Gasteiger partial charge in [0.1, 0.15) is 0 Å². The van der Waals surface area contributed by atoms with Gasteiger partial charge in [0.2, 0.25) is 0 Å². The van der Waals surface area contributed by atoms with Crippen LogP contribution in [0, 0.1) is 6.92 Å². The number of rotatable bonds is 0. The van der Waals surface area contributed by atoms with Gasteiger partial charge in [-0.2, -0.15) is 0 Å². The van der Waals surface area contributed by atoms with E-state index in [9.17, 15) is 0 Å². The third-order valence-corrected chi connectivity index (χ3v) is 5.53. The lowest BCUT2D eigenvalue weighted by Gasteiger charge is -2.26. The van der Waals surface area contributed by atoms with Gasteiger partial charge in [0.25, 0.3) is 0 Å². The van der Waals surface area contributed by atoms with Crippen LogP contribution in [-0.2, 0) is 25.7 Å². The first-order valence-electron chi connectivity index (χ1n) is 8.55. The monoisotopic (exact) mass is 296 g/mol. The molecular weight excluding hydrogens is 276 g/mol. The Bertz CT molecular complexity index is 931. The first kappa shape index (κ1) is 13.1. The van der Waals surface area contributed by atoms with Crippen LogP contribution in [0.2, 0.25) is 0 Å². The maximum absolute atomic E-state index is 2.49. The number of hydrogen-bond donors (Lipinski definition) is 0. The minimum Gasteiger partial charge on any atom is -0.0620 e. The molecule has 0 unspecified atom stereocenters. The molecule has 0 amide bonds. The fourth-order valence-electron chi connectivity index (χ4n) is 4.26. The number of hydrogen-bond acceptors (Lipinski definition) is 0. The molecule has 0 heteroatoms. The van der Waals surface area contributed by atoms with Crippen molar-refractivity contribution in [3.63, 3.8) is 0 Å². The van der Waals surface area contributed by atoms with E-state index in [1.54, 1.807) is 16.7 Å². The molecule has 3 aromatic carbocycles. The molecule has 0 radical (unpaired) electrons. The second-order valence-electron chi connectivity index (χ2n) is 7.14. The molecule has 2 aliphatic rings. The molecule has 5 rings (SSSR count). The minimum atomic E-state index is 1.10. The molecular formula is C23H20. The van der Waals surface area contributed by atoms with Crippen molar-refractivity contribution in [1.82, 2.24) is 0 Å². The highest BCUT2D eigenvalue weighted by atomic mass is 14.3. The van der Waals surface area contributed by atoms with Crippen LogP contribution in [0.15, 0.2) is 54.6 Å². The molecule has 0 saturated carbocycles. The average molecular weight is 296 g/mol. The summed E-state index contributed by atoms with van der Waals surface area (Å²) in [7, 11) is 0. The SMILES string of the molecule is Cc1ccc2c(c1)Cc1cc3c(cc1C2)Cc1ccccc1C3. The summed E-state index contributed by atoms with van der Waals surface area (Å²) in [5, 5.41) is 0. The van der Waals surface area contributed by atoms with Crippen LogP contribution in [0.3, 0.4) is 0 Å². The topological polar surface area (TPSA) is 0 Å². The zero-order chi connectivity index (χ0) is 15.4. The van der Waals surface area contributed by atoms with Crippen LogP contribution in [0.4, 0.5) is 0 Å². The van der Waals surface area contributed by atoms with Gasteiger partial charge in [-0.15, -0.1) is 0 Å². The second kappa shape index (κ2) is 4.83. The van der Waals surface area contributed by atoms with Crippen LogP contribution >= 0.6 is 0 Å². The van der Waals surface area contributed by atoms with Crippen molar-refractivity contribution in [2.75, 3.05) is 0 Å². The van der Waals surface area contributed by atoms with E-state index in [1.807, 2.05) is 0 Å². The molecule has 0 nitrogen and oxygen atoms in total. The van der Waals surface area contributed by atoms with E-state index in [2.05, 4.69) is 61.5 Å². The molecule has 3 aromatic rings. The molecule has 0 N–H and O–H groups in total. The lowest BCUT2D eigenvalue weighted by molar-refractivity contribution is 0.943. The zero-order valence-corrected chi connectivity index (χ0v) is 13.5. The highest BCUT2D eigenvalue weighted by Crippen LogP contribution is 2.34. The molecule has 0 spiro atoms. The minimum absolute atomic E-state index is 1.10. The molecule has 0 bridgehead atoms. The van der Waals surface area contributed by atoms with Gasteiger partial charge < -0.3 is 0 Å². The lowest BCUT2D eigenvalue weighted by atomic mass is 9.79. The molecule has 0 aromatic heterocycles. The van der Waals surface area contributed by atoms with Crippen LogP contribution < -0.4 is 0 Å². The lowest BCUT2D eigenvalue weighted by Crippen LogP contribution is -2.13. The number of fused-ring (bicyclic) bond motifs is 4. The summed E-state index contributed by atoms with van der Waals surface area (Å²) in [6.45, 7) is 2.19. The van der Waals surface area contributed by atoms with Crippen molar-refractivity contribution in [2.24, 2.45) is 0 Å². The Hall–Kier alpha value is -2.34. The summed E-state index contributed by atoms with van der Waals surface area (Å²) in [6.07, 6.45) is 4.39. The zero-order valence-electron chi connectivity index (χ0n) is 13.5. The van der Waals surface area contributed by atoms with Crippen molar-refractivity contribution in [2.45, 2.75) is 32.6 Å². The Morgan fingerprint density at radius 3 is 1.48 bits per heavy atom. The van der Waals surface area contributed by atoms with Gasteiger partial charge in [-0.3, -0.25) is 0 Å². The van der Waals surface area contributed by atoms with E-state index < -0.39 is 0 Å². The van der Waals surface area contributed by atoms with Gasteiger partial charge in [0.05, 0.1) is 0 Å². The Balaban J connectivity index is 1.58. The third kappa shape index (κ3) is 2.13. The van der Waals surface area contributed by atoms with E-state index in [-0.39, 0.29) is 0 Å². The fourth-order valence-corrected chi connectivity index (χ4v) is 4.26. The summed E-state index contributed by atoms with van der Waals surface area (Å²) >= 11 is 0. The fraction of sp³-hybridized carbons (Fsp3) is 0.217. The molecule has 23 heavy (non-hydrogen) atoms. The van der Waals surface area contributed by atoms with Gasteiger partial charge in [-0.05, 0) is 77.1 Å².